The molecule has 1 aromatic carbocycles. The predicted octanol–water partition coefficient (Wildman–Crippen LogP) is 3.31. The van der Waals surface area contributed by atoms with Gasteiger partial charge in [-0.25, -0.2) is 4.39 Å². The van der Waals surface area contributed by atoms with Crippen LogP contribution in [0.3, 0.4) is 0 Å². The summed E-state index contributed by atoms with van der Waals surface area (Å²) in [5.41, 5.74) is 0.560. The van der Waals surface area contributed by atoms with E-state index in [-0.39, 0.29) is 11.6 Å². The summed E-state index contributed by atoms with van der Waals surface area (Å²) in [4.78, 5) is 12.7. The van der Waals surface area contributed by atoms with Crippen molar-refractivity contribution in [2.75, 3.05) is 0 Å². The molecule has 0 amide bonds. The minimum Gasteiger partial charge on any atom is -0.294 e. The van der Waals surface area contributed by atoms with Crippen LogP contribution in [-0.2, 0) is 6.42 Å². The summed E-state index contributed by atoms with van der Waals surface area (Å²) >= 11 is 1.55. The zero-order valence-electron chi connectivity index (χ0n) is 7.94. The third-order valence-electron chi connectivity index (χ3n) is 2.08. The smallest absolute Gasteiger partial charge is 0.168 e. The van der Waals surface area contributed by atoms with Crippen LogP contribution in [0.25, 0.3) is 0 Å². The van der Waals surface area contributed by atoms with Crippen molar-refractivity contribution < 1.29 is 9.18 Å². The van der Waals surface area contributed by atoms with E-state index in [1.165, 1.54) is 24.3 Å². The van der Waals surface area contributed by atoms with Gasteiger partial charge in [-0.05, 0) is 35.7 Å². The Hall–Kier alpha value is -1.48. The highest BCUT2D eigenvalue weighted by atomic mass is 32.1. The van der Waals surface area contributed by atoms with Crippen molar-refractivity contribution in [3.8, 4) is 0 Å². The van der Waals surface area contributed by atoms with Crippen LogP contribution in [0.4, 0.5) is 4.39 Å². The number of benzene rings is 1. The first-order valence-electron chi connectivity index (χ1n) is 4.57. The molecule has 0 atom stereocenters. The monoisotopic (exact) mass is 220 g/mol. The number of rotatable bonds is 3. The fourth-order valence-corrected chi connectivity index (χ4v) is 2.01. The molecule has 2 rings (SSSR count). The molecule has 0 saturated carbocycles. The Morgan fingerprint density at radius 3 is 2.53 bits per heavy atom. The SMILES string of the molecule is O=C(Cc1cccs1)c1ccc(F)cc1. The lowest BCUT2D eigenvalue weighted by molar-refractivity contribution is 0.0994. The van der Waals surface area contributed by atoms with Crippen molar-refractivity contribution in [3.05, 3.63) is 58.0 Å². The molecule has 2 aromatic rings. The average molecular weight is 220 g/mol. The van der Waals surface area contributed by atoms with E-state index in [9.17, 15) is 9.18 Å². The van der Waals surface area contributed by atoms with E-state index in [1.54, 1.807) is 11.3 Å². The van der Waals surface area contributed by atoms with Crippen LogP contribution < -0.4 is 0 Å². The average Bonchev–Trinajstić information content (AvgIpc) is 2.71. The Kier molecular flexibility index (Phi) is 2.92. The van der Waals surface area contributed by atoms with E-state index in [2.05, 4.69) is 0 Å². The fraction of sp³-hybridized carbons (Fsp3) is 0.0833. The molecule has 0 aliphatic carbocycles. The minimum atomic E-state index is -0.317. The van der Waals surface area contributed by atoms with Gasteiger partial charge in [0.15, 0.2) is 5.78 Å². The number of hydrogen-bond acceptors (Lipinski definition) is 2. The molecule has 0 aliphatic rings. The summed E-state index contributed by atoms with van der Waals surface area (Å²) in [6.07, 6.45) is 0.392. The van der Waals surface area contributed by atoms with Crippen molar-refractivity contribution in [1.29, 1.82) is 0 Å². The first kappa shape index (κ1) is 10.1. The van der Waals surface area contributed by atoms with Crippen molar-refractivity contribution in [1.82, 2.24) is 0 Å². The largest absolute Gasteiger partial charge is 0.294 e. The first-order valence-corrected chi connectivity index (χ1v) is 5.45. The number of ketones is 1. The second-order valence-electron chi connectivity index (χ2n) is 3.19. The van der Waals surface area contributed by atoms with Gasteiger partial charge in [-0.3, -0.25) is 4.79 Å². The van der Waals surface area contributed by atoms with Crippen LogP contribution in [-0.4, -0.2) is 5.78 Å². The maximum atomic E-state index is 12.6. The van der Waals surface area contributed by atoms with Crippen molar-refractivity contribution in [3.63, 3.8) is 0 Å². The van der Waals surface area contributed by atoms with Gasteiger partial charge in [0.05, 0.1) is 0 Å². The normalized spacial score (nSPS) is 10.2. The molecule has 1 nitrogen and oxygen atoms in total. The van der Waals surface area contributed by atoms with Crippen LogP contribution in [0.5, 0.6) is 0 Å². The molecule has 3 heteroatoms. The highest BCUT2D eigenvalue weighted by Crippen LogP contribution is 2.13. The molecular formula is C12H9FOS. The molecule has 0 unspecified atom stereocenters. The molecule has 0 spiro atoms. The topological polar surface area (TPSA) is 17.1 Å². The van der Waals surface area contributed by atoms with E-state index >= 15 is 0 Å². The highest BCUT2D eigenvalue weighted by molar-refractivity contribution is 7.10. The standard InChI is InChI=1S/C12H9FOS/c13-10-5-3-9(4-6-10)12(14)8-11-2-1-7-15-11/h1-7H,8H2. The Labute approximate surface area is 91.2 Å². The van der Waals surface area contributed by atoms with Gasteiger partial charge in [0.25, 0.3) is 0 Å². The van der Waals surface area contributed by atoms with E-state index in [0.29, 0.717) is 12.0 Å². The van der Waals surface area contributed by atoms with Gasteiger partial charge in [-0.2, -0.15) is 0 Å². The summed E-state index contributed by atoms with van der Waals surface area (Å²) < 4.78 is 12.6. The zero-order chi connectivity index (χ0) is 10.7. The van der Waals surface area contributed by atoms with Gasteiger partial charge < -0.3 is 0 Å². The van der Waals surface area contributed by atoms with Crippen molar-refractivity contribution in [2.24, 2.45) is 0 Å². The van der Waals surface area contributed by atoms with Crippen LogP contribution in [0, 0.1) is 5.82 Å². The quantitative estimate of drug-likeness (QED) is 0.725. The lowest BCUT2D eigenvalue weighted by Crippen LogP contribution is -2.01. The fourth-order valence-electron chi connectivity index (χ4n) is 1.31. The first-order chi connectivity index (χ1) is 7.25. The Morgan fingerprint density at radius 1 is 1.20 bits per heavy atom. The lowest BCUT2D eigenvalue weighted by atomic mass is 10.1. The minimum absolute atomic E-state index is 0.0254. The van der Waals surface area contributed by atoms with Gasteiger partial charge in [-0.15, -0.1) is 11.3 Å². The number of carbonyl (C=O) groups excluding carboxylic acids is 1. The molecule has 1 heterocycles. The Bertz CT molecular complexity index is 445. The zero-order valence-corrected chi connectivity index (χ0v) is 8.76. The van der Waals surface area contributed by atoms with E-state index in [4.69, 9.17) is 0 Å². The lowest BCUT2D eigenvalue weighted by Gasteiger charge is -1.98. The molecule has 0 fully saturated rings. The molecule has 1 aromatic heterocycles. The van der Waals surface area contributed by atoms with Gasteiger partial charge in [0, 0.05) is 16.9 Å². The predicted molar refractivity (Wildman–Crippen MR) is 58.8 cm³/mol. The molecule has 76 valence electrons. The van der Waals surface area contributed by atoms with Gasteiger partial charge in [-0.1, -0.05) is 6.07 Å². The number of Topliss-reactive ketones (excluding diaryl/α,β-unsaturated/α-hetero) is 1. The second kappa shape index (κ2) is 4.36. The maximum Gasteiger partial charge on any atom is 0.168 e. The molecular weight excluding hydrogens is 211 g/mol. The highest BCUT2D eigenvalue weighted by Gasteiger charge is 2.07. The van der Waals surface area contributed by atoms with Crippen LogP contribution in [0.15, 0.2) is 41.8 Å². The third kappa shape index (κ3) is 2.50. The summed E-state index contributed by atoms with van der Waals surface area (Å²) in [7, 11) is 0. The molecule has 0 saturated heterocycles. The maximum absolute atomic E-state index is 12.6. The molecule has 0 radical (unpaired) electrons. The van der Waals surface area contributed by atoms with E-state index in [0.717, 1.165) is 4.88 Å². The van der Waals surface area contributed by atoms with Crippen LogP contribution >= 0.6 is 11.3 Å². The second-order valence-corrected chi connectivity index (χ2v) is 4.22. The van der Waals surface area contributed by atoms with Gasteiger partial charge >= 0.3 is 0 Å². The van der Waals surface area contributed by atoms with E-state index in [1.807, 2.05) is 17.5 Å². The van der Waals surface area contributed by atoms with Crippen molar-refractivity contribution >= 4 is 17.1 Å². The summed E-state index contributed by atoms with van der Waals surface area (Å²) in [6.45, 7) is 0. The Morgan fingerprint density at radius 2 is 1.93 bits per heavy atom. The van der Waals surface area contributed by atoms with Crippen molar-refractivity contribution in [2.45, 2.75) is 6.42 Å². The van der Waals surface area contributed by atoms with Gasteiger partial charge in [0.1, 0.15) is 5.82 Å². The number of halogens is 1. The third-order valence-corrected chi connectivity index (χ3v) is 2.96. The summed E-state index contributed by atoms with van der Waals surface area (Å²) in [5, 5.41) is 1.94. The molecule has 15 heavy (non-hydrogen) atoms. The summed E-state index contributed by atoms with van der Waals surface area (Å²) in [5.74, 6) is -0.292. The summed E-state index contributed by atoms with van der Waals surface area (Å²) in [6, 6.07) is 9.49. The number of hydrogen-bond donors (Lipinski definition) is 0. The number of carbonyl (C=O) groups is 1. The van der Waals surface area contributed by atoms with E-state index < -0.39 is 0 Å². The molecule has 0 N–H and O–H groups in total. The van der Waals surface area contributed by atoms with Crippen LogP contribution in [0.2, 0.25) is 0 Å². The number of thiophene rings is 1. The van der Waals surface area contributed by atoms with Gasteiger partial charge in [0.2, 0.25) is 0 Å². The molecule has 0 aliphatic heterocycles. The molecule has 0 bridgehead atoms. The van der Waals surface area contributed by atoms with Crippen LogP contribution in [0.1, 0.15) is 15.2 Å². The Balaban J connectivity index is 2.11.